The van der Waals surface area contributed by atoms with Gasteiger partial charge in [-0.15, -0.1) is 0 Å². The minimum Gasteiger partial charge on any atom is -0.303 e. The lowest BCUT2D eigenvalue weighted by Crippen LogP contribution is -2.26. The fourth-order valence-corrected chi connectivity index (χ4v) is 2.71. The van der Waals surface area contributed by atoms with Gasteiger partial charge in [0.1, 0.15) is 0 Å². The number of pyridine rings is 1. The summed E-state index contributed by atoms with van der Waals surface area (Å²) in [6, 6.07) is 13.9. The Labute approximate surface area is 121 Å². The van der Waals surface area contributed by atoms with E-state index >= 15 is 0 Å². The second-order valence-electron chi connectivity index (χ2n) is 5.90. The summed E-state index contributed by atoms with van der Waals surface area (Å²) in [6.07, 6.45) is 6.46. The van der Waals surface area contributed by atoms with Crippen LogP contribution in [-0.4, -0.2) is 4.98 Å². The Morgan fingerprint density at radius 2 is 1.85 bits per heavy atom. The molecule has 0 saturated heterocycles. The van der Waals surface area contributed by atoms with Gasteiger partial charge in [0.25, 0.3) is 0 Å². The Hall–Kier alpha value is -1.67. The second kappa shape index (κ2) is 5.76. The third kappa shape index (κ3) is 3.07. The van der Waals surface area contributed by atoms with E-state index in [0.29, 0.717) is 12.1 Å². The van der Waals surface area contributed by atoms with Crippen molar-refractivity contribution in [2.75, 3.05) is 0 Å². The van der Waals surface area contributed by atoms with Crippen molar-refractivity contribution in [1.82, 2.24) is 10.3 Å². The van der Waals surface area contributed by atoms with E-state index in [-0.39, 0.29) is 0 Å². The average molecular weight is 266 g/mol. The molecule has 1 aromatic carbocycles. The first kappa shape index (κ1) is 13.3. The van der Waals surface area contributed by atoms with Crippen LogP contribution in [0.15, 0.2) is 48.8 Å². The molecule has 1 aliphatic rings. The minimum absolute atomic E-state index is 0.329. The molecule has 0 amide bonds. The quantitative estimate of drug-likeness (QED) is 0.877. The molecule has 1 heterocycles. The maximum atomic E-state index is 4.22. The number of aryl methyl sites for hydroxylation is 1. The lowest BCUT2D eigenvalue weighted by atomic mass is 9.99. The summed E-state index contributed by atoms with van der Waals surface area (Å²) in [5.74, 6) is 0.789. The summed E-state index contributed by atoms with van der Waals surface area (Å²) in [4.78, 5) is 4.22. The molecule has 1 aromatic heterocycles. The first-order chi connectivity index (χ1) is 9.74. The van der Waals surface area contributed by atoms with E-state index in [4.69, 9.17) is 0 Å². The van der Waals surface area contributed by atoms with Gasteiger partial charge in [-0.1, -0.05) is 35.9 Å². The Kier molecular flexibility index (Phi) is 3.83. The fourth-order valence-electron chi connectivity index (χ4n) is 2.71. The van der Waals surface area contributed by atoms with Gasteiger partial charge in [-0.25, -0.2) is 0 Å². The van der Waals surface area contributed by atoms with E-state index in [1.165, 1.54) is 29.5 Å². The molecule has 3 rings (SSSR count). The Balaban J connectivity index is 1.76. The van der Waals surface area contributed by atoms with E-state index in [9.17, 15) is 0 Å². The molecule has 2 atom stereocenters. The lowest BCUT2D eigenvalue weighted by Gasteiger charge is -2.24. The Bertz CT molecular complexity index is 543. The summed E-state index contributed by atoms with van der Waals surface area (Å²) < 4.78 is 0. The van der Waals surface area contributed by atoms with Crippen molar-refractivity contribution in [2.24, 2.45) is 5.92 Å². The zero-order chi connectivity index (χ0) is 13.9. The van der Waals surface area contributed by atoms with Gasteiger partial charge in [-0.3, -0.25) is 4.98 Å². The molecule has 20 heavy (non-hydrogen) atoms. The van der Waals surface area contributed by atoms with Crippen LogP contribution < -0.4 is 5.32 Å². The SMILES string of the molecule is Cc1ccc(C(N[C@@H](C)c2cccnc2)C2CC2)cc1. The van der Waals surface area contributed by atoms with Crippen LogP contribution in [0.25, 0.3) is 0 Å². The molecular weight excluding hydrogens is 244 g/mol. The molecule has 104 valence electrons. The highest BCUT2D eigenvalue weighted by molar-refractivity contribution is 5.26. The number of aromatic nitrogens is 1. The van der Waals surface area contributed by atoms with E-state index in [0.717, 1.165) is 5.92 Å². The smallest absolute Gasteiger partial charge is 0.0353 e. The van der Waals surface area contributed by atoms with Gasteiger partial charge in [0.2, 0.25) is 0 Å². The van der Waals surface area contributed by atoms with Crippen molar-refractivity contribution in [2.45, 2.75) is 38.8 Å². The highest BCUT2D eigenvalue weighted by Crippen LogP contribution is 2.42. The van der Waals surface area contributed by atoms with Gasteiger partial charge in [-0.2, -0.15) is 0 Å². The van der Waals surface area contributed by atoms with Gasteiger partial charge < -0.3 is 5.32 Å². The topological polar surface area (TPSA) is 24.9 Å². The number of nitrogens with one attached hydrogen (secondary N) is 1. The standard InChI is InChI=1S/C18H22N2/c1-13-5-7-15(8-6-13)18(16-9-10-16)20-14(2)17-4-3-11-19-12-17/h3-8,11-12,14,16,18,20H,9-10H2,1-2H3/t14-,18?/m0/s1. The summed E-state index contributed by atoms with van der Waals surface area (Å²) in [5.41, 5.74) is 3.99. The third-order valence-electron chi connectivity index (χ3n) is 4.14. The molecule has 0 spiro atoms. The van der Waals surface area contributed by atoms with E-state index in [2.05, 4.69) is 54.5 Å². The molecule has 2 heteroatoms. The summed E-state index contributed by atoms with van der Waals surface area (Å²) in [6.45, 7) is 4.36. The zero-order valence-corrected chi connectivity index (χ0v) is 12.2. The van der Waals surface area contributed by atoms with Gasteiger partial charge >= 0.3 is 0 Å². The molecule has 1 unspecified atom stereocenters. The molecule has 2 aromatic rings. The molecule has 0 radical (unpaired) electrons. The highest BCUT2D eigenvalue weighted by atomic mass is 15.0. The first-order valence-corrected chi connectivity index (χ1v) is 7.46. The van der Waals surface area contributed by atoms with Crippen LogP contribution >= 0.6 is 0 Å². The molecule has 0 aliphatic heterocycles. The van der Waals surface area contributed by atoms with Crippen LogP contribution in [0, 0.1) is 12.8 Å². The number of nitrogens with zero attached hydrogens (tertiary/aromatic N) is 1. The van der Waals surface area contributed by atoms with Crippen LogP contribution in [0.1, 0.15) is 48.5 Å². The van der Waals surface area contributed by atoms with Crippen molar-refractivity contribution in [1.29, 1.82) is 0 Å². The zero-order valence-electron chi connectivity index (χ0n) is 12.2. The number of benzene rings is 1. The molecule has 1 fully saturated rings. The van der Waals surface area contributed by atoms with Crippen LogP contribution in [0.4, 0.5) is 0 Å². The van der Waals surface area contributed by atoms with Crippen LogP contribution in [0.3, 0.4) is 0 Å². The second-order valence-corrected chi connectivity index (χ2v) is 5.90. The van der Waals surface area contributed by atoms with Crippen molar-refractivity contribution < 1.29 is 0 Å². The molecule has 0 bridgehead atoms. The van der Waals surface area contributed by atoms with Gasteiger partial charge in [-0.05, 0) is 49.8 Å². The van der Waals surface area contributed by atoms with E-state index < -0.39 is 0 Å². The summed E-state index contributed by atoms with van der Waals surface area (Å²) in [7, 11) is 0. The molecular formula is C18H22N2. The monoisotopic (exact) mass is 266 g/mol. The fraction of sp³-hybridized carbons (Fsp3) is 0.389. The molecule has 1 N–H and O–H groups in total. The largest absolute Gasteiger partial charge is 0.303 e. The van der Waals surface area contributed by atoms with E-state index in [1.807, 2.05) is 18.5 Å². The van der Waals surface area contributed by atoms with E-state index in [1.54, 1.807) is 0 Å². The van der Waals surface area contributed by atoms with Crippen molar-refractivity contribution in [3.05, 3.63) is 65.5 Å². The molecule has 1 saturated carbocycles. The average Bonchev–Trinajstić information content (AvgIpc) is 3.31. The normalized spacial score (nSPS) is 17.7. The van der Waals surface area contributed by atoms with Gasteiger partial charge in [0, 0.05) is 24.5 Å². The van der Waals surface area contributed by atoms with Crippen molar-refractivity contribution in [3.63, 3.8) is 0 Å². The van der Waals surface area contributed by atoms with Gasteiger partial charge in [0.05, 0.1) is 0 Å². The molecule has 2 nitrogen and oxygen atoms in total. The van der Waals surface area contributed by atoms with Crippen LogP contribution in [0.2, 0.25) is 0 Å². The minimum atomic E-state index is 0.329. The summed E-state index contributed by atoms with van der Waals surface area (Å²) >= 11 is 0. The number of hydrogen-bond donors (Lipinski definition) is 1. The molecule has 1 aliphatic carbocycles. The van der Waals surface area contributed by atoms with Crippen molar-refractivity contribution >= 4 is 0 Å². The van der Waals surface area contributed by atoms with Gasteiger partial charge in [0.15, 0.2) is 0 Å². The maximum absolute atomic E-state index is 4.22. The Morgan fingerprint density at radius 3 is 2.45 bits per heavy atom. The lowest BCUT2D eigenvalue weighted by molar-refractivity contribution is 0.427. The number of rotatable bonds is 5. The van der Waals surface area contributed by atoms with Crippen molar-refractivity contribution in [3.8, 4) is 0 Å². The predicted molar refractivity (Wildman–Crippen MR) is 82.4 cm³/mol. The predicted octanol–water partition coefficient (Wildman–Crippen LogP) is 4.19. The van der Waals surface area contributed by atoms with Crippen LogP contribution in [0.5, 0.6) is 0 Å². The Morgan fingerprint density at radius 1 is 1.10 bits per heavy atom. The highest BCUT2D eigenvalue weighted by Gasteiger charge is 2.33. The van der Waals surface area contributed by atoms with Crippen LogP contribution in [-0.2, 0) is 0 Å². The number of hydrogen-bond acceptors (Lipinski definition) is 2. The third-order valence-corrected chi connectivity index (χ3v) is 4.14. The first-order valence-electron chi connectivity index (χ1n) is 7.46. The maximum Gasteiger partial charge on any atom is 0.0353 e. The summed E-state index contributed by atoms with van der Waals surface area (Å²) in [5, 5.41) is 3.79.